The summed E-state index contributed by atoms with van der Waals surface area (Å²) in [5, 5.41) is 13.7. The maximum absolute atomic E-state index is 12.7. The van der Waals surface area contributed by atoms with Crippen molar-refractivity contribution in [2.24, 2.45) is 0 Å². The lowest BCUT2D eigenvalue weighted by atomic mass is 10.2. The quantitative estimate of drug-likeness (QED) is 0.823. The van der Waals surface area contributed by atoms with Crippen LogP contribution in [0.5, 0.6) is 0 Å². The molecule has 22 heavy (non-hydrogen) atoms. The maximum Gasteiger partial charge on any atom is 0.258 e. The molecule has 0 spiro atoms. The number of nitrogens with zero attached hydrogens (tertiary/aromatic N) is 4. The van der Waals surface area contributed by atoms with E-state index in [-0.39, 0.29) is 11.6 Å². The second-order valence-corrected chi connectivity index (χ2v) is 5.06. The van der Waals surface area contributed by atoms with Gasteiger partial charge in [-0.05, 0) is 25.0 Å². The lowest BCUT2D eigenvalue weighted by molar-refractivity contribution is 0.0755. The van der Waals surface area contributed by atoms with Crippen molar-refractivity contribution in [3.63, 3.8) is 0 Å². The third-order valence-corrected chi connectivity index (χ3v) is 3.38. The summed E-state index contributed by atoms with van der Waals surface area (Å²) in [7, 11) is 0. The number of hydrogen-bond donors (Lipinski definition) is 0. The Labute approximate surface area is 130 Å². The number of aromatic nitrogens is 2. The van der Waals surface area contributed by atoms with Gasteiger partial charge < -0.3 is 4.90 Å². The number of amides is 1. The van der Waals surface area contributed by atoms with Crippen LogP contribution in [-0.2, 0) is 0 Å². The summed E-state index contributed by atoms with van der Waals surface area (Å²) >= 11 is 0. The average molecular weight is 296 g/mol. The summed E-state index contributed by atoms with van der Waals surface area (Å²) < 4.78 is 1.52. The monoisotopic (exact) mass is 296 g/mol. The van der Waals surface area contributed by atoms with Gasteiger partial charge in [0.25, 0.3) is 5.91 Å². The predicted octanol–water partition coefficient (Wildman–Crippen LogP) is 3.01. The molecule has 1 aromatic heterocycles. The van der Waals surface area contributed by atoms with Gasteiger partial charge in [0.15, 0.2) is 5.69 Å². The minimum Gasteiger partial charge on any atom is -0.339 e. The molecule has 1 aromatic carbocycles. The highest BCUT2D eigenvalue weighted by atomic mass is 16.2. The van der Waals surface area contributed by atoms with Crippen molar-refractivity contribution >= 4 is 5.91 Å². The van der Waals surface area contributed by atoms with Crippen LogP contribution in [0.15, 0.2) is 36.5 Å². The SMILES string of the molecule is CCCN(CCC)C(=O)c1cnn(-c2ccccc2)c1C#N. The Bertz CT molecular complexity index is 664. The third-order valence-electron chi connectivity index (χ3n) is 3.38. The van der Waals surface area contributed by atoms with Crippen LogP contribution >= 0.6 is 0 Å². The molecule has 0 saturated heterocycles. The van der Waals surface area contributed by atoms with Crippen LogP contribution in [0.4, 0.5) is 0 Å². The highest BCUT2D eigenvalue weighted by Gasteiger charge is 2.22. The molecule has 0 radical (unpaired) electrons. The highest BCUT2D eigenvalue weighted by Crippen LogP contribution is 2.16. The Morgan fingerprint density at radius 1 is 1.23 bits per heavy atom. The minimum absolute atomic E-state index is 0.123. The zero-order chi connectivity index (χ0) is 15.9. The molecule has 0 fully saturated rings. The van der Waals surface area contributed by atoms with E-state index >= 15 is 0 Å². The first-order valence-electron chi connectivity index (χ1n) is 7.55. The Morgan fingerprint density at radius 2 is 1.86 bits per heavy atom. The predicted molar refractivity (Wildman–Crippen MR) is 84.8 cm³/mol. The van der Waals surface area contributed by atoms with Crippen LogP contribution < -0.4 is 0 Å². The lowest BCUT2D eigenvalue weighted by Crippen LogP contribution is -2.32. The molecule has 0 saturated carbocycles. The molecular formula is C17H20N4O. The first-order valence-corrected chi connectivity index (χ1v) is 7.55. The molecular weight excluding hydrogens is 276 g/mol. The molecule has 0 aliphatic rings. The van der Waals surface area contributed by atoms with Gasteiger partial charge in [0, 0.05) is 13.1 Å². The van der Waals surface area contributed by atoms with Crippen molar-refractivity contribution < 1.29 is 4.79 Å². The molecule has 114 valence electrons. The molecule has 5 nitrogen and oxygen atoms in total. The summed E-state index contributed by atoms with van der Waals surface area (Å²) in [6.07, 6.45) is 3.27. The van der Waals surface area contributed by atoms with Crippen LogP contribution in [0, 0.1) is 11.3 Å². The summed E-state index contributed by atoms with van der Waals surface area (Å²) in [6, 6.07) is 11.5. The van der Waals surface area contributed by atoms with Gasteiger partial charge in [0.05, 0.1) is 17.4 Å². The Kier molecular flexibility index (Phi) is 5.31. The third kappa shape index (κ3) is 3.17. The van der Waals surface area contributed by atoms with E-state index < -0.39 is 0 Å². The molecule has 0 bridgehead atoms. The van der Waals surface area contributed by atoms with Gasteiger partial charge in [-0.3, -0.25) is 4.79 Å². The van der Waals surface area contributed by atoms with Crippen molar-refractivity contribution in [1.29, 1.82) is 5.26 Å². The van der Waals surface area contributed by atoms with Gasteiger partial charge in [-0.1, -0.05) is 32.0 Å². The molecule has 0 aliphatic heterocycles. The Balaban J connectivity index is 2.39. The molecule has 1 heterocycles. The van der Waals surface area contributed by atoms with Gasteiger partial charge in [0.2, 0.25) is 0 Å². The molecule has 2 rings (SSSR count). The topological polar surface area (TPSA) is 61.9 Å². The van der Waals surface area contributed by atoms with E-state index in [9.17, 15) is 10.1 Å². The van der Waals surface area contributed by atoms with E-state index in [1.54, 1.807) is 4.90 Å². The van der Waals surface area contributed by atoms with Gasteiger partial charge in [-0.2, -0.15) is 10.4 Å². The first-order chi connectivity index (χ1) is 10.7. The highest BCUT2D eigenvalue weighted by molar-refractivity contribution is 5.96. The van der Waals surface area contributed by atoms with Crippen molar-refractivity contribution in [2.75, 3.05) is 13.1 Å². The zero-order valence-corrected chi connectivity index (χ0v) is 13.0. The van der Waals surface area contributed by atoms with Gasteiger partial charge in [-0.25, -0.2) is 4.68 Å². The number of para-hydroxylation sites is 1. The van der Waals surface area contributed by atoms with Crippen molar-refractivity contribution in [2.45, 2.75) is 26.7 Å². The van der Waals surface area contributed by atoms with Crippen molar-refractivity contribution in [3.8, 4) is 11.8 Å². The van der Waals surface area contributed by atoms with Crippen LogP contribution in [0.25, 0.3) is 5.69 Å². The van der Waals surface area contributed by atoms with E-state index in [4.69, 9.17) is 0 Å². The summed E-state index contributed by atoms with van der Waals surface area (Å²) in [5.41, 5.74) is 1.43. The van der Waals surface area contributed by atoms with E-state index in [0.717, 1.165) is 18.5 Å². The number of benzene rings is 1. The number of carbonyl (C=O) groups is 1. The van der Waals surface area contributed by atoms with E-state index in [2.05, 4.69) is 11.2 Å². The summed E-state index contributed by atoms with van der Waals surface area (Å²) in [6.45, 7) is 5.45. The lowest BCUT2D eigenvalue weighted by Gasteiger charge is -2.20. The van der Waals surface area contributed by atoms with Crippen LogP contribution in [0.2, 0.25) is 0 Å². The van der Waals surface area contributed by atoms with E-state index in [1.165, 1.54) is 10.9 Å². The van der Waals surface area contributed by atoms with Crippen LogP contribution in [0.3, 0.4) is 0 Å². The van der Waals surface area contributed by atoms with Crippen molar-refractivity contribution in [3.05, 3.63) is 47.8 Å². The van der Waals surface area contributed by atoms with Crippen LogP contribution in [-0.4, -0.2) is 33.7 Å². The molecule has 0 atom stereocenters. The number of hydrogen-bond acceptors (Lipinski definition) is 3. The van der Waals surface area contributed by atoms with E-state index in [0.29, 0.717) is 18.7 Å². The molecule has 0 N–H and O–H groups in total. The number of nitriles is 1. The number of carbonyl (C=O) groups excluding carboxylic acids is 1. The van der Waals surface area contributed by atoms with Gasteiger partial charge in [-0.15, -0.1) is 0 Å². The normalized spacial score (nSPS) is 10.2. The molecule has 5 heteroatoms. The number of rotatable bonds is 6. The molecule has 2 aromatic rings. The fraction of sp³-hybridized carbons (Fsp3) is 0.353. The molecule has 0 unspecified atom stereocenters. The zero-order valence-electron chi connectivity index (χ0n) is 13.0. The standard InChI is InChI=1S/C17H20N4O/c1-3-10-20(11-4-2)17(22)15-13-19-21(16(15)12-18)14-8-6-5-7-9-14/h5-9,13H,3-4,10-11H2,1-2H3. The minimum atomic E-state index is -0.123. The van der Waals surface area contributed by atoms with Crippen LogP contribution in [0.1, 0.15) is 42.7 Å². The molecule has 1 amide bonds. The molecule has 0 aliphatic carbocycles. The fourth-order valence-electron chi connectivity index (χ4n) is 2.40. The van der Waals surface area contributed by atoms with E-state index in [1.807, 2.05) is 44.2 Å². The Hall–Kier alpha value is -2.61. The van der Waals surface area contributed by atoms with Gasteiger partial charge >= 0.3 is 0 Å². The summed E-state index contributed by atoms with van der Waals surface area (Å²) in [5.74, 6) is -0.123. The maximum atomic E-state index is 12.7. The first kappa shape index (κ1) is 15.8. The smallest absolute Gasteiger partial charge is 0.258 e. The van der Waals surface area contributed by atoms with Crippen molar-refractivity contribution in [1.82, 2.24) is 14.7 Å². The Morgan fingerprint density at radius 3 is 2.41 bits per heavy atom. The second-order valence-electron chi connectivity index (χ2n) is 5.06. The summed E-state index contributed by atoms with van der Waals surface area (Å²) in [4.78, 5) is 14.5. The average Bonchev–Trinajstić information content (AvgIpc) is 2.98. The second kappa shape index (κ2) is 7.41. The van der Waals surface area contributed by atoms with Gasteiger partial charge in [0.1, 0.15) is 6.07 Å². The largest absolute Gasteiger partial charge is 0.339 e. The fourth-order valence-corrected chi connectivity index (χ4v) is 2.40.